The lowest BCUT2D eigenvalue weighted by Crippen LogP contribution is -2.27. The Morgan fingerprint density at radius 2 is 1.64 bits per heavy atom. The molecule has 1 aromatic heterocycles. The predicted octanol–water partition coefficient (Wildman–Crippen LogP) is 6.89. The molecule has 2 amide bonds. The van der Waals surface area contributed by atoms with E-state index >= 15 is 0 Å². The van der Waals surface area contributed by atoms with E-state index < -0.39 is 0 Å². The van der Waals surface area contributed by atoms with E-state index in [1.54, 1.807) is 0 Å². The fourth-order valence-electron chi connectivity index (χ4n) is 3.98. The van der Waals surface area contributed by atoms with Crippen LogP contribution in [0.3, 0.4) is 0 Å². The van der Waals surface area contributed by atoms with Crippen molar-refractivity contribution in [1.29, 1.82) is 0 Å². The van der Waals surface area contributed by atoms with Gasteiger partial charge in [-0.2, -0.15) is 0 Å². The number of rotatable bonds is 5. The summed E-state index contributed by atoms with van der Waals surface area (Å²) in [6.07, 6.45) is 3.84. The van der Waals surface area contributed by atoms with Crippen molar-refractivity contribution < 1.29 is 9.59 Å². The minimum absolute atomic E-state index is 0.244. The molecule has 1 fully saturated rings. The number of fused-ring (bicyclic) bond motifs is 1. The van der Waals surface area contributed by atoms with Gasteiger partial charge in [0.15, 0.2) is 0 Å². The van der Waals surface area contributed by atoms with Crippen LogP contribution in [-0.2, 0) is 17.9 Å². The van der Waals surface area contributed by atoms with Crippen molar-refractivity contribution in [2.24, 2.45) is 0 Å². The minimum atomic E-state index is -0.256. The van der Waals surface area contributed by atoms with Crippen LogP contribution in [0.15, 0.2) is 83.9 Å². The maximum atomic E-state index is 13.1. The van der Waals surface area contributed by atoms with E-state index in [9.17, 15) is 9.59 Å². The van der Waals surface area contributed by atoms with Gasteiger partial charge in [-0.25, -0.2) is 0 Å². The van der Waals surface area contributed by atoms with Gasteiger partial charge < -0.3 is 4.57 Å². The first kappa shape index (κ1) is 21.6. The van der Waals surface area contributed by atoms with Crippen molar-refractivity contribution in [3.8, 4) is 0 Å². The zero-order chi connectivity index (χ0) is 22.9. The van der Waals surface area contributed by atoms with Gasteiger partial charge in [-0.15, -0.1) is 0 Å². The lowest BCUT2D eigenvalue weighted by Gasteiger charge is -2.12. The summed E-state index contributed by atoms with van der Waals surface area (Å²) >= 11 is 7.37. The third-order valence-corrected chi connectivity index (χ3v) is 7.02. The molecule has 6 heteroatoms. The van der Waals surface area contributed by atoms with E-state index in [2.05, 4.69) is 4.57 Å². The molecule has 0 saturated carbocycles. The average Bonchev–Trinajstić information content (AvgIpc) is 3.29. The fraction of sp³-hybridized carbons (Fsp3) is 0.111. The number of hydrogen-bond acceptors (Lipinski definition) is 3. The second-order valence-electron chi connectivity index (χ2n) is 8.07. The van der Waals surface area contributed by atoms with E-state index in [-0.39, 0.29) is 17.7 Å². The molecule has 0 atom stereocenters. The van der Waals surface area contributed by atoms with E-state index in [1.165, 1.54) is 4.90 Å². The average molecular weight is 473 g/mol. The molecule has 1 aliphatic heterocycles. The van der Waals surface area contributed by atoms with Crippen molar-refractivity contribution in [1.82, 2.24) is 9.47 Å². The molecule has 3 aromatic carbocycles. The number of aromatic nitrogens is 1. The standard InChI is InChI=1S/C27H21ClN2O2S/c1-18-10-12-19(13-11-18)15-30-26(31)25(33-27(30)32)14-21-17-29(24-9-5-3-7-22(21)24)16-20-6-2-4-8-23(20)28/h2-14,17H,15-16H2,1H3/b25-14-. The Hall–Kier alpha value is -3.28. The van der Waals surface area contributed by atoms with E-state index in [4.69, 9.17) is 11.6 Å². The van der Waals surface area contributed by atoms with Crippen LogP contribution in [-0.4, -0.2) is 20.6 Å². The summed E-state index contributed by atoms with van der Waals surface area (Å²) in [4.78, 5) is 27.4. The molecule has 5 rings (SSSR count). The van der Waals surface area contributed by atoms with Gasteiger partial charge in [-0.05, 0) is 48.0 Å². The van der Waals surface area contributed by atoms with Crippen molar-refractivity contribution in [3.63, 3.8) is 0 Å². The maximum absolute atomic E-state index is 13.1. The lowest BCUT2D eigenvalue weighted by atomic mass is 10.1. The highest BCUT2D eigenvalue weighted by Crippen LogP contribution is 2.35. The molecule has 0 unspecified atom stereocenters. The number of halogens is 1. The summed E-state index contributed by atoms with van der Waals surface area (Å²) in [6.45, 7) is 2.90. The number of benzene rings is 3. The Morgan fingerprint density at radius 3 is 2.42 bits per heavy atom. The molecule has 4 nitrogen and oxygen atoms in total. The second-order valence-corrected chi connectivity index (χ2v) is 9.47. The van der Waals surface area contributed by atoms with E-state index in [0.29, 0.717) is 16.5 Å². The van der Waals surface area contributed by atoms with Crippen LogP contribution in [0.25, 0.3) is 17.0 Å². The summed E-state index contributed by atoms with van der Waals surface area (Å²) in [5.74, 6) is -0.256. The molecular formula is C27H21ClN2O2S. The summed E-state index contributed by atoms with van der Waals surface area (Å²) in [5.41, 5.74) is 5.03. The van der Waals surface area contributed by atoms with E-state index in [0.717, 1.165) is 44.9 Å². The smallest absolute Gasteiger partial charge is 0.293 e. The number of hydrogen-bond donors (Lipinski definition) is 0. The quantitative estimate of drug-likeness (QED) is 0.297. The van der Waals surface area contributed by atoms with E-state index in [1.807, 2.05) is 92.0 Å². The van der Waals surface area contributed by atoms with Crippen LogP contribution in [0, 0.1) is 6.92 Å². The van der Waals surface area contributed by atoms with Gasteiger partial charge >= 0.3 is 0 Å². The molecule has 0 bridgehead atoms. The Labute approximate surface area is 201 Å². The minimum Gasteiger partial charge on any atom is -0.342 e. The first-order valence-corrected chi connectivity index (χ1v) is 11.8. The number of para-hydroxylation sites is 1. The van der Waals surface area contributed by atoms with Gasteiger partial charge in [0, 0.05) is 34.2 Å². The van der Waals surface area contributed by atoms with Crippen LogP contribution < -0.4 is 0 Å². The van der Waals surface area contributed by atoms with Crippen LogP contribution in [0.4, 0.5) is 4.79 Å². The maximum Gasteiger partial charge on any atom is 0.293 e. The van der Waals surface area contributed by atoms with Crippen LogP contribution in [0.2, 0.25) is 5.02 Å². The number of carbonyl (C=O) groups excluding carboxylic acids is 2. The summed E-state index contributed by atoms with van der Waals surface area (Å²) in [5, 5.41) is 1.50. The Bertz CT molecular complexity index is 1410. The van der Waals surface area contributed by atoms with Crippen LogP contribution >= 0.6 is 23.4 Å². The molecule has 2 heterocycles. The zero-order valence-corrected chi connectivity index (χ0v) is 19.6. The third kappa shape index (κ3) is 4.34. The number of aryl methyl sites for hydroxylation is 1. The van der Waals surface area contributed by atoms with Gasteiger partial charge in [-0.3, -0.25) is 14.5 Å². The highest BCUT2D eigenvalue weighted by molar-refractivity contribution is 8.18. The Morgan fingerprint density at radius 1 is 0.909 bits per heavy atom. The second kappa shape index (κ2) is 8.93. The molecule has 1 saturated heterocycles. The molecule has 4 aromatic rings. The number of thioether (sulfide) groups is 1. The monoisotopic (exact) mass is 472 g/mol. The van der Waals surface area contributed by atoms with Crippen LogP contribution in [0.1, 0.15) is 22.3 Å². The SMILES string of the molecule is Cc1ccc(CN2C(=O)S/C(=C\c3cn(Cc4ccccc4Cl)c4ccccc34)C2=O)cc1. The zero-order valence-electron chi connectivity index (χ0n) is 18.0. The highest BCUT2D eigenvalue weighted by Gasteiger charge is 2.35. The largest absolute Gasteiger partial charge is 0.342 e. The predicted molar refractivity (Wildman–Crippen MR) is 135 cm³/mol. The van der Waals surface area contributed by atoms with Gasteiger partial charge in [0.05, 0.1) is 11.4 Å². The molecular weight excluding hydrogens is 452 g/mol. The number of amides is 2. The first-order chi connectivity index (χ1) is 16.0. The third-order valence-electron chi connectivity index (χ3n) is 5.74. The molecule has 33 heavy (non-hydrogen) atoms. The number of nitrogens with zero attached hydrogens (tertiary/aromatic N) is 2. The topological polar surface area (TPSA) is 42.3 Å². The summed E-state index contributed by atoms with van der Waals surface area (Å²) < 4.78 is 2.12. The van der Waals surface area contributed by atoms with Crippen molar-refractivity contribution in [3.05, 3.63) is 111 Å². The molecule has 0 aliphatic carbocycles. The van der Waals surface area contributed by atoms with Crippen molar-refractivity contribution in [2.75, 3.05) is 0 Å². The molecule has 0 N–H and O–H groups in total. The molecule has 164 valence electrons. The van der Waals surface area contributed by atoms with Gasteiger partial charge in [0.25, 0.3) is 11.1 Å². The molecule has 1 aliphatic rings. The summed E-state index contributed by atoms with van der Waals surface area (Å²) in [6, 6.07) is 23.7. The van der Waals surface area contributed by atoms with Gasteiger partial charge in [-0.1, -0.05) is 77.8 Å². The summed E-state index contributed by atoms with van der Waals surface area (Å²) in [7, 11) is 0. The van der Waals surface area contributed by atoms with Gasteiger partial charge in [0.2, 0.25) is 0 Å². The van der Waals surface area contributed by atoms with Crippen LogP contribution in [0.5, 0.6) is 0 Å². The fourth-order valence-corrected chi connectivity index (χ4v) is 5.01. The number of carbonyl (C=O) groups is 2. The highest BCUT2D eigenvalue weighted by atomic mass is 35.5. The van der Waals surface area contributed by atoms with Crippen molar-refractivity contribution >= 4 is 51.5 Å². The Balaban J connectivity index is 1.46. The normalized spacial score (nSPS) is 15.2. The van der Waals surface area contributed by atoms with Gasteiger partial charge in [0.1, 0.15) is 0 Å². The first-order valence-electron chi connectivity index (χ1n) is 10.6. The Kier molecular flexibility index (Phi) is 5.83. The lowest BCUT2D eigenvalue weighted by molar-refractivity contribution is -0.123. The molecule has 0 radical (unpaired) electrons. The van der Waals surface area contributed by atoms with Crippen molar-refractivity contribution in [2.45, 2.75) is 20.0 Å². The molecule has 0 spiro atoms. The number of imide groups is 1.